The van der Waals surface area contributed by atoms with Crippen molar-refractivity contribution in [2.75, 3.05) is 39.5 Å². The summed E-state index contributed by atoms with van der Waals surface area (Å²) >= 11 is 6.12. The third-order valence-electron chi connectivity index (χ3n) is 5.64. The normalized spacial score (nSPS) is 20.4. The minimum Gasteiger partial charge on any atom is -0.492 e. The molecule has 0 aliphatic carbocycles. The molecule has 2 aliphatic rings. The van der Waals surface area contributed by atoms with Crippen molar-refractivity contribution in [1.29, 1.82) is 0 Å². The van der Waals surface area contributed by atoms with E-state index in [0.29, 0.717) is 18.1 Å². The number of nitrogens with zero attached hydrogens (tertiary/aromatic N) is 1. The number of ether oxygens (including phenoxy) is 2. The maximum atomic E-state index is 13.1. The number of hydrogen-bond acceptors (Lipinski definition) is 4. The van der Waals surface area contributed by atoms with Crippen molar-refractivity contribution >= 4 is 17.5 Å². The fraction of sp³-hybridized carbons (Fsp3) is 0.435. The fourth-order valence-electron chi connectivity index (χ4n) is 3.90. The van der Waals surface area contributed by atoms with E-state index in [1.165, 1.54) is 5.56 Å². The van der Waals surface area contributed by atoms with Gasteiger partial charge in [0.2, 0.25) is 5.91 Å². The Morgan fingerprint density at radius 3 is 2.72 bits per heavy atom. The molecule has 2 aliphatic heterocycles. The number of morpholine rings is 1. The summed E-state index contributed by atoms with van der Waals surface area (Å²) in [4.78, 5) is 15.5. The van der Waals surface area contributed by atoms with Gasteiger partial charge in [-0.05, 0) is 42.7 Å². The zero-order valence-corrected chi connectivity index (χ0v) is 17.5. The maximum absolute atomic E-state index is 13.1. The van der Waals surface area contributed by atoms with Crippen LogP contribution in [0.4, 0.5) is 0 Å². The summed E-state index contributed by atoms with van der Waals surface area (Å²) in [7, 11) is 0. The number of aryl methyl sites for hydroxylation is 1. The molecule has 1 saturated heterocycles. The van der Waals surface area contributed by atoms with Crippen molar-refractivity contribution in [1.82, 2.24) is 10.2 Å². The highest BCUT2D eigenvalue weighted by Crippen LogP contribution is 2.30. The predicted octanol–water partition coefficient (Wildman–Crippen LogP) is 3.39. The van der Waals surface area contributed by atoms with Gasteiger partial charge in [-0.3, -0.25) is 9.69 Å². The van der Waals surface area contributed by atoms with E-state index in [2.05, 4.69) is 41.4 Å². The lowest BCUT2D eigenvalue weighted by atomic mass is 9.95. The van der Waals surface area contributed by atoms with Crippen LogP contribution in [0.1, 0.15) is 22.7 Å². The van der Waals surface area contributed by atoms with Gasteiger partial charge >= 0.3 is 0 Å². The van der Waals surface area contributed by atoms with E-state index >= 15 is 0 Å². The van der Waals surface area contributed by atoms with E-state index in [9.17, 15) is 4.79 Å². The van der Waals surface area contributed by atoms with E-state index in [0.717, 1.165) is 49.7 Å². The molecular formula is C23H27ClN2O3. The van der Waals surface area contributed by atoms with E-state index < -0.39 is 0 Å². The van der Waals surface area contributed by atoms with Gasteiger partial charge in [0, 0.05) is 24.7 Å². The summed E-state index contributed by atoms with van der Waals surface area (Å²) in [6.07, 6.45) is 0.639. The number of carbonyl (C=O) groups excluding carboxylic acids is 1. The molecule has 1 amide bonds. The van der Waals surface area contributed by atoms with Gasteiger partial charge < -0.3 is 14.8 Å². The molecule has 0 spiro atoms. The molecule has 4 rings (SSSR count). The molecule has 1 N–H and O–H groups in total. The standard InChI is InChI=1S/C23H27ClN2O3/c1-16-2-4-17(5-3-16)21(14-26-8-10-28-11-9-26)25-23(27)19-12-18-13-20(24)6-7-22(18)29-15-19/h2-7,13,19,21H,8-12,14-15H2,1H3,(H,25,27)/t19-,21-/m1/s1. The highest BCUT2D eigenvalue weighted by atomic mass is 35.5. The van der Waals surface area contributed by atoms with Crippen LogP contribution in [0.3, 0.4) is 0 Å². The van der Waals surface area contributed by atoms with E-state index in [1.54, 1.807) is 0 Å². The molecule has 0 radical (unpaired) electrons. The third-order valence-corrected chi connectivity index (χ3v) is 5.88. The lowest BCUT2D eigenvalue weighted by molar-refractivity contribution is -0.127. The van der Waals surface area contributed by atoms with Crippen LogP contribution in [0.2, 0.25) is 5.02 Å². The number of halogens is 1. The first-order valence-corrected chi connectivity index (χ1v) is 10.5. The summed E-state index contributed by atoms with van der Waals surface area (Å²) in [6, 6.07) is 13.9. The van der Waals surface area contributed by atoms with Crippen molar-refractivity contribution in [3.63, 3.8) is 0 Å². The third kappa shape index (κ3) is 5.10. The van der Waals surface area contributed by atoms with Gasteiger partial charge in [-0.15, -0.1) is 0 Å². The van der Waals surface area contributed by atoms with Crippen molar-refractivity contribution < 1.29 is 14.3 Å². The second kappa shape index (κ2) is 9.16. The summed E-state index contributed by atoms with van der Waals surface area (Å²) in [5, 5.41) is 3.95. The lowest BCUT2D eigenvalue weighted by Gasteiger charge is -2.32. The Kier molecular flexibility index (Phi) is 6.38. The molecule has 2 aromatic rings. The molecule has 2 atom stereocenters. The van der Waals surface area contributed by atoms with Gasteiger partial charge in [0.1, 0.15) is 12.4 Å². The average Bonchev–Trinajstić information content (AvgIpc) is 2.74. The quantitative estimate of drug-likeness (QED) is 0.814. The van der Waals surface area contributed by atoms with E-state index in [1.807, 2.05) is 18.2 Å². The van der Waals surface area contributed by atoms with Crippen molar-refractivity contribution in [3.8, 4) is 5.75 Å². The molecule has 0 saturated carbocycles. The zero-order valence-electron chi connectivity index (χ0n) is 16.7. The molecule has 154 valence electrons. The van der Waals surface area contributed by atoms with Gasteiger partial charge in [-0.1, -0.05) is 41.4 Å². The second-order valence-corrected chi connectivity index (χ2v) is 8.29. The number of carbonyl (C=O) groups is 1. The van der Waals surface area contributed by atoms with Gasteiger partial charge in [-0.2, -0.15) is 0 Å². The van der Waals surface area contributed by atoms with E-state index in [4.69, 9.17) is 21.1 Å². The molecule has 2 aromatic carbocycles. The molecule has 5 nitrogen and oxygen atoms in total. The van der Waals surface area contributed by atoms with Crippen molar-refractivity contribution in [3.05, 3.63) is 64.2 Å². The van der Waals surface area contributed by atoms with Crippen molar-refractivity contribution in [2.24, 2.45) is 5.92 Å². The van der Waals surface area contributed by atoms with Gasteiger partial charge in [0.05, 0.1) is 25.2 Å². The summed E-state index contributed by atoms with van der Waals surface area (Å²) in [5.41, 5.74) is 3.32. The summed E-state index contributed by atoms with van der Waals surface area (Å²) in [5.74, 6) is 0.620. The Balaban J connectivity index is 1.47. The highest BCUT2D eigenvalue weighted by molar-refractivity contribution is 6.30. The first kappa shape index (κ1) is 20.2. The van der Waals surface area contributed by atoms with Crippen LogP contribution >= 0.6 is 11.6 Å². The fourth-order valence-corrected chi connectivity index (χ4v) is 4.09. The molecule has 1 fully saturated rings. The Morgan fingerprint density at radius 2 is 1.97 bits per heavy atom. The number of rotatable bonds is 5. The number of nitrogens with one attached hydrogen (secondary N) is 1. The number of benzene rings is 2. The molecule has 6 heteroatoms. The number of hydrogen-bond donors (Lipinski definition) is 1. The molecule has 2 heterocycles. The van der Waals surface area contributed by atoms with Gasteiger partial charge in [-0.25, -0.2) is 0 Å². The molecule has 0 bridgehead atoms. The lowest BCUT2D eigenvalue weighted by Crippen LogP contribution is -2.45. The first-order chi connectivity index (χ1) is 14.1. The zero-order chi connectivity index (χ0) is 20.2. The monoisotopic (exact) mass is 414 g/mol. The van der Waals surface area contributed by atoms with Crippen LogP contribution in [0.15, 0.2) is 42.5 Å². The molecule has 0 aromatic heterocycles. The Labute approximate surface area is 176 Å². The van der Waals surface area contributed by atoms with Crippen LogP contribution in [-0.4, -0.2) is 50.3 Å². The largest absolute Gasteiger partial charge is 0.492 e. The molecular weight excluding hydrogens is 388 g/mol. The van der Waals surface area contributed by atoms with Crippen LogP contribution in [0.5, 0.6) is 5.75 Å². The van der Waals surface area contributed by atoms with Crippen LogP contribution in [0, 0.1) is 12.8 Å². The molecule has 0 unspecified atom stereocenters. The van der Waals surface area contributed by atoms with Crippen LogP contribution in [0.25, 0.3) is 0 Å². The molecule has 29 heavy (non-hydrogen) atoms. The minimum atomic E-state index is -0.224. The van der Waals surface area contributed by atoms with Crippen LogP contribution in [-0.2, 0) is 16.0 Å². The van der Waals surface area contributed by atoms with Crippen LogP contribution < -0.4 is 10.1 Å². The SMILES string of the molecule is Cc1ccc([C@@H](CN2CCOCC2)NC(=O)[C@H]2COc3ccc(Cl)cc3C2)cc1. The topological polar surface area (TPSA) is 50.8 Å². The van der Waals surface area contributed by atoms with Gasteiger partial charge in [0.15, 0.2) is 0 Å². The minimum absolute atomic E-state index is 0.0226. The first-order valence-electron chi connectivity index (χ1n) is 10.2. The Morgan fingerprint density at radius 1 is 1.21 bits per heavy atom. The highest BCUT2D eigenvalue weighted by Gasteiger charge is 2.29. The number of fused-ring (bicyclic) bond motifs is 1. The van der Waals surface area contributed by atoms with Gasteiger partial charge in [0.25, 0.3) is 0 Å². The average molecular weight is 415 g/mol. The Bertz CT molecular complexity index is 850. The summed E-state index contributed by atoms with van der Waals surface area (Å²) in [6.45, 7) is 6.48. The number of amides is 1. The summed E-state index contributed by atoms with van der Waals surface area (Å²) < 4.78 is 11.3. The Hall–Kier alpha value is -2.08. The van der Waals surface area contributed by atoms with Crippen molar-refractivity contribution in [2.45, 2.75) is 19.4 Å². The maximum Gasteiger partial charge on any atom is 0.227 e. The predicted molar refractivity (Wildman–Crippen MR) is 113 cm³/mol. The second-order valence-electron chi connectivity index (χ2n) is 7.85. The van der Waals surface area contributed by atoms with E-state index in [-0.39, 0.29) is 17.9 Å². The smallest absolute Gasteiger partial charge is 0.227 e.